The maximum atomic E-state index is 5.58. The minimum Gasteiger partial charge on any atom is -0.455 e. The van der Waals surface area contributed by atoms with Gasteiger partial charge in [0.2, 0.25) is 0 Å². The summed E-state index contributed by atoms with van der Waals surface area (Å²) in [7, 11) is 0. The van der Waals surface area contributed by atoms with Crippen LogP contribution in [0.4, 0.5) is 0 Å². The van der Waals surface area contributed by atoms with E-state index in [1.165, 1.54) is 0 Å². The molecule has 9 heteroatoms. The van der Waals surface area contributed by atoms with Gasteiger partial charge in [-0.3, -0.25) is 4.90 Å². The molecule has 0 aromatic carbocycles. The summed E-state index contributed by atoms with van der Waals surface area (Å²) < 4.78 is 12.9. The second kappa shape index (κ2) is 6.60. The number of fused-ring (bicyclic) bond motifs is 1. The number of hydrogen-bond acceptors (Lipinski definition) is 8. The Morgan fingerprint density at radius 1 is 1.16 bits per heavy atom. The average molecular weight is 341 g/mol. The van der Waals surface area contributed by atoms with Crippen LogP contribution in [0, 0.1) is 13.8 Å². The molecule has 130 valence electrons. The van der Waals surface area contributed by atoms with Gasteiger partial charge in [-0.15, -0.1) is 10.2 Å². The zero-order valence-electron chi connectivity index (χ0n) is 14.2. The maximum Gasteiger partial charge on any atom is 0.316 e. The third-order valence-electron chi connectivity index (χ3n) is 4.34. The van der Waals surface area contributed by atoms with Gasteiger partial charge < -0.3 is 13.8 Å². The molecule has 0 atom stereocenters. The lowest BCUT2D eigenvalue weighted by Crippen LogP contribution is -2.34. The number of aryl methyl sites for hydroxylation is 2. The molecule has 0 saturated carbocycles. The third kappa shape index (κ3) is 3.22. The highest BCUT2D eigenvalue weighted by Gasteiger charge is 2.23. The summed E-state index contributed by atoms with van der Waals surface area (Å²) >= 11 is 0. The molecule has 25 heavy (non-hydrogen) atoms. The van der Waals surface area contributed by atoms with Crippen LogP contribution < -0.4 is 4.74 Å². The van der Waals surface area contributed by atoms with Crippen LogP contribution in [0.15, 0.2) is 23.0 Å². The van der Waals surface area contributed by atoms with Crippen LogP contribution in [0.5, 0.6) is 6.01 Å². The van der Waals surface area contributed by atoms with E-state index >= 15 is 0 Å². The van der Waals surface area contributed by atoms with E-state index in [2.05, 4.69) is 34.8 Å². The van der Waals surface area contributed by atoms with Crippen LogP contribution in [0.1, 0.15) is 28.7 Å². The number of ether oxygens (including phenoxy) is 1. The van der Waals surface area contributed by atoms with E-state index in [1.807, 2.05) is 13.8 Å². The summed E-state index contributed by atoms with van der Waals surface area (Å²) in [6.07, 6.45) is 3.29. The summed E-state index contributed by atoms with van der Waals surface area (Å²) in [5.41, 5.74) is 2.10. The topological polar surface area (TPSA) is 95.0 Å². The van der Waals surface area contributed by atoms with Crippen LogP contribution in [0.2, 0.25) is 0 Å². The zero-order chi connectivity index (χ0) is 17.2. The molecule has 0 saturated heterocycles. The van der Waals surface area contributed by atoms with Gasteiger partial charge in [-0.2, -0.15) is 0 Å². The molecule has 4 heterocycles. The van der Waals surface area contributed by atoms with E-state index in [0.29, 0.717) is 12.6 Å². The van der Waals surface area contributed by atoms with Crippen LogP contribution in [0.3, 0.4) is 0 Å². The fourth-order valence-corrected chi connectivity index (χ4v) is 2.95. The molecule has 0 N–H and O–H groups in total. The molecule has 0 unspecified atom stereocenters. The average Bonchev–Trinajstić information content (AvgIpc) is 3.18. The molecule has 1 aliphatic heterocycles. The van der Waals surface area contributed by atoms with Crippen LogP contribution >= 0.6 is 0 Å². The number of rotatable bonds is 5. The number of aromatic nitrogens is 6. The lowest BCUT2D eigenvalue weighted by molar-refractivity contribution is 0.199. The summed E-state index contributed by atoms with van der Waals surface area (Å²) in [4.78, 5) is 10.4. The van der Waals surface area contributed by atoms with E-state index in [-0.39, 0.29) is 0 Å². The van der Waals surface area contributed by atoms with Crippen molar-refractivity contribution >= 4 is 0 Å². The van der Waals surface area contributed by atoms with Gasteiger partial charge in [0.1, 0.15) is 11.6 Å². The monoisotopic (exact) mass is 341 g/mol. The molecular formula is C16H19N7O2. The number of hydrogen-bond donors (Lipinski definition) is 0. The molecule has 0 amide bonds. The van der Waals surface area contributed by atoms with Crippen LogP contribution in [0.25, 0.3) is 0 Å². The van der Waals surface area contributed by atoms with E-state index in [4.69, 9.17) is 9.26 Å². The number of nitrogens with zero attached hydrogens (tertiary/aromatic N) is 7. The minimum absolute atomic E-state index is 0.306. The smallest absolute Gasteiger partial charge is 0.316 e. The summed E-state index contributed by atoms with van der Waals surface area (Å²) in [6, 6.07) is 2.09. The van der Waals surface area contributed by atoms with Gasteiger partial charge in [-0.1, -0.05) is 5.16 Å². The summed E-state index contributed by atoms with van der Waals surface area (Å²) in [5.74, 6) is 2.60. The Kier molecular flexibility index (Phi) is 4.14. The molecule has 1 aliphatic rings. The van der Waals surface area contributed by atoms with Gasteiger partial charge in [0, 0.05) is 37.6 Å². The van der Waals surface area contributed by atoms with Crippen molar-refractivity contribution < 1.29 is 9.26 Å². The Labute approximate surface area is 144 Å². The van der Waals surface area contributed by atoms with Crippen molar-refractivity contribution in [2.24, 2.45) is 0 Å². The lowest BCUT2D eigenvalue weighted by atomic mass is 10.2. The molecule has 0 bridgehead atoms. The van der Waals surface area contributed by atoms with Crippen molar-refractivity contribution in [2.45, 2.75) is 40.1 Å². The first-order valence-corrected chi connectivity index (χ1v) is 8.15. The van der Waals surface area contributed by atoms with E-state index in [1.54, 1.807) is 18.5 Å². The quantitative estimate of drug-likeness (QED) is 0.685. The fourth-order valence-electron chi connectivity index (χ4n) is 2.95. The molecule has 0 spiro atoms. The van der Waals surface area contributed by atoms with Gasteiger partial charge in [0.15, 0.2) is 12.4 Å². The standard InChI is InChI=1S/C16H19N7O2/c1-11-13(12(2)25-21-11)8-22-6-7-23-14(9-22)19-20-15(23)10-24-16-17-4-3-5-18-16/h3-5H,6-10H2,1-2H3. The van der Waals surface area contributed by atoms with Crippen molar-refractivity contribution in [2.75, 3.05) is 6.54 Å². The van der Waals surface area contributed by atoms with E-state index < -0.39 is 0 Å². The van der Waals surface area contributed by atoms with Gasteiger partial charge in [-0.05, 0) is 19.9 Å². The highest BCUT2D eigenvalue weighted by Crippen LogP contribution is 2.19. The second-order valence-corrected chi connectivity index (χ2v) is 6.02. The molecule has 0 aliphatic carbocycles. The lowest BCUT2D eigenvalue weighted by Gasteiger charge is -2.27. The van der Waals surface area contributed by atoms with Gasteiger partial charge >= 0.3 is 6.01 Å². The zero-order valence-corrected chi connectivity index (χ0v) is 14.2. The van der Waals surface area contributed by atoms with Crippen molar-refractivity contribution in [1.82, 2.24) is 34.8 Å². The van der Waals surface area contributed by atoms with Gasteiger partial charge in [0.05, 0.1) is 12.2 Å². The molecule has 9 nitrogen and oxygen atoms in total. The Morgan fingerprint density at radius 3 is 2.76 bits per heavy atom. The normalized spacial score (nSPS) is 14.5. The maximum absolute atomic E-state index is 5.58. The molecule has 0 fully saturated rings. The van der Waals surface area contributed by atoms with Gasteiger partial charge in [0.25, 0.3) is 0 Å². The van der Waals surface area contributed by atoms with Crippen molar-refractivity contribution in [3.8, 4) is 6.01 Å². The predicted octanol–water partition coefficient (Wildman–Crippen LogP) is 1.27. The molecule has 3 aromatic rings. The van der Waals surface area contributed by atoms with E-state index in [0.717, 1.165) is 54.8 Å². The van der Waals surface area contributed by atoms with Gasteiger partial charge in [-0.25, -0.2) is 9.97 Å². The second-order valence-electron chi connectivity index (χ2n) is 6.02. The highest BCUT2D eigenvalue weighted by atomic mass is 16.5. The molecular weight excluding hydrogens is 322 g/mol. The first kappa shape index (κ1) is 15.7. The van der Waals surface area contributed by atoms with Crippen LogP contribution in [-0.2, 0) is 26.2 Å². The third-order valence-corrected chi connectivity index (χ3v) is 4.34. The van der Waals surface area contributed by atoms with Crippen molar-refractivity contribution in [1.29, 1.82) is 0 Å². The molecule has 4 rings (SSSR count). The Morgan fingerprint density at radius 2 is 2.00 bits per heavy atom. The fraction of sp³-hybridized carbons (Fsp3) is 0.438. The predicted molar refractivity (Wildman–Crippen MR) is 86.5 cm³/mol. The summed E-state index contributed by atoms with van der Waals surface area (Å²) in [5, 5.41) is 12.6. The largest absolute Gasteiger partial charge is 0.455 e. The first-order chi connectivity index (χ1) is 12.2. The summed E-state index contributed by atoms with van der Waals surface area (Å²) in [6.45, 7) is 7.49. The Balaban J connectivity index is 1.42. The Hall–Kier alpha value is -2.81. The molecule has 0 radical (unpaired) electrons. The SMILES string of the molecule is Cc1noc(C)c1CN1CCn2c(COc3ncccn3)nnc2C1. The molecule has 3 aromatic heterocycles. The van der Waals surface area contributed by atoms with Crippen molar-refractivity contribution in [3.63, 3.8) is 0 Å². The van der Waals surface area contributed by atoms with Crippen LogP contribution in [-0.4, -0.2) is 41.3 Å². The van der Waals surface area contributed by atoms with E-state index in [9.17, 15) is 0 Å². The Bertz CT molecular complexity index is 839. The first-order valence-electron chi connectivity index (χ1n) is 8.15. The van der Waals surface area contributed by atoms with Crippen molar-refractivity contribution in [3.05, 3.63) is 47.1 Å². The minimum atomic E-state index is 0.306. The highest BCUT2D eigenvalue weighted by molar-refractivity contribution is 5.20.